The van der Waals surface area contributed by atoms with Crippen LogP contribution < -0.4 is 20.7 Å². The Bertz CT molecular complexity index is 1910. The average Bonchev–Trinajstić information content (AvgIpc) is 3.76. The fourth-order valence-corrected chi connectivity index (χ4v) is 6.91. The smallest absolute Gasteiger partial charge is 0.246 e. The Kier molecular flexibility index (Phi) is 11.2. The van der Waals surface area contributed by atoms with Crippen molar-refractivity contribution in [2.75, 3.05) is 26.7 Å². The number of nitrogens with zero attached hydrogens (tertiary/aromatic N) is 2. The summed E-state index contributed by atoms with van der Waals surface area (Å²) in [5.41, 5.74) is 3.23. The van der Waals surface area contributed by atoms with Crippen molar-refractivity contribution in [1.29, 1.82) is 0 Å². The summed E-state index contributed by atoms with van der Waals surface area (Å²) >= 11 is 0. The number of H-pyrrole nitrogens is 1. The molecule has 5 N–H and O–H groups in total. The highest BCUT2D eigenvalue weighted by atomic mass is 16.5. The van der Waals surface area contributed by atoms with E-state index in [4.69, 9.17) is 4.74 Å². The van der Waals surface area contributed by atoms with E-state index >= 15 is 0 Å². The van der Waals surface area contributed by atoms with Crippen LogP contribution in [0.25, 0.3) is 10.9 Å². The third-order valence-corrected chi connectivity index (χ3v) is 9.74. The molecule has 1 aromatic heterocycles. The van der Waals surface area contributed by atoms with Gasteiger partial charge in [-0.15, -0.1) is 0 Å². The fraction of sp³-hybridized carbons (Fsp3) is 0.359. The molecule has 0 radical (unpaired) electrons. The van der Waals surface area contributed by atoms with Gasteiger partial charge in [0.2, 0.25) is 29.5 Å². The largest absolute Gasteiger partial charge is 0.497 e. The topological polar surface area (TPSA) is 173 Å². The van der Waals surface area contributed by atoms with Crippen molar-refractivity contribution < 1.29 is 33.8 Å². The van der Waals surface area contributed by atoms with E-state index in [9.17, 15) is 29.1 Å². The van der Waals surface area contributed by atoms with Gasteiger partial charge in [0.15, 0.2) is 0 Å². The van der Waals surface area contributed by atoms with Crippen molar-refractivity contribution >= 4 is 40.4 Å². The lowest BCUT2D eigenvalue weighted by Gasteiger charge is -2.30. The number of aliphatic hydroxyl groups is 1. The molecule has 13 nitrogen and oxygen atoms in total. The van der Waals surface area contributed by atoms with Crippen molar-refractivity contribution in [2.24, 2.45) is 0 Å². The van der Waals surface area contributed by atoms with E-state index in [-0.39, 0.29) is 38.3 Å². The maximum absolute atomic E-state index is 14.3. The van der Waals surface area contributed by atoms with Gasteiger partial charge in [-0.2, -0.15) is 0 Å². The number of aromatic nitrogens is 1. The number of hydrogen-bond donors (Lipinski definition) is 5. The SMILES string of the molecule is COc1ccc(CCC(=O)N2CC(=O)N[C@H](Cc3c[nH]c4ccccc34)C(=O)N3C[C@H](O)C[C@H]3C(=O)N[C@@H](C)C(=O)N[C@H](c3ccccc3)C2)cc1. The molecular formula is C39H44N6O7. The number of nitrogens with one attached hydrogen (secondary N) is 4. The quantitative estimate of drug-likeness (QED) is 0.195. The molecular weight excluding hydrogens is 664 g/mol. The molecule has 0 bridgehead atoms. The molecule has 52 heavy (non-hydrogen) atoms. The first-order valence-electron chi connectivity index (χ1n) is 17.5. The molecule has 2 aliphatic rings. The van der Waals surface area contributed by atoms with Gasteiger partial charge in [0.05, 0.1) is 25.8 Å². The Morgan fingerprint density at radius 3 is 2.37 bits per heavy atom. The van der Waals surface area contributed by atoms with Crippen LogP contribution in [0.5, 0.6) is 5.75 Å². The van der Waals surface area contributed by atoms with Gasteiger partial charge < -0.3 is 40.6 Å². The van der Waals surface area contributed by atoms with Gasteiger partial charge in [0, 0.05) is 49.5 Å². The molecule has 0 unspecified atom stereocenters. The monoisotopic (exact) mass is 708 g/mol. The van der Waals surface area contributed by atoms with E-state index in [1.165, 1.54) is 16.7 Å². The number of benzene rings is 3. The number of carbonyl (C=O) groups excluding carboxylic acids is 5. The van der Waals surface area contributed by atoms with Crippen LogP contribution in [-0.4, -0.2) is 100 Å². The molecule has 2 fully saturated rings. The van der Waals surface area contributed by atoms with Crippen molar-refractivity contribution in [1.82, 2.24) is 30.7 Å². The molecule has 0 saturated carbocycles. The number of ether oxygens (including phenoxy) is 1. The van der Waals surface area contributed by atoms with Gasteiger partial charge in [-0.1, -0.05) is 60.7 Å². The molecule has 0 aliphatic carbocycles. The summed E-state index contributed by atoms with van der Waals surface area (Å²) in [5.74, 6) is -1.88. The van der Waals surface area contributed by atoms with Gasteiger partial charge in [-0.3, -0.25) is 24.0 Å². The third kappa shape index (κ3) is 8.43. The Balaban J connectivity index is 1.34. The van der Waals surface area contributed by atoms with Crippen LogP contribution >= 0.6 is 0 Å². The predicted octanol–water partition coefficient (Wildman–Crippen LogP) is 2.00. The van der Waals surface area contributed by atoms with Crippen LogP contribution in [0.4, 0.5) is 0 Å². The van der Waals surface area contributed by atoms with E-state index in [0.29, 0.717) is 17.7 Å². The van der Waals surface area contributed by atoms with Gasteiger partial charge in [-0.05, 0) is 48.2 Å². The summed E-state index contributed by atoms with van der Waals surface area (Å²) < 4.78 is 5.25. The third-order valence-electron chi connectivity index (χ3n) is 9.74. The number of hydrogen-bond acceptors (Lipinski definition) is 7. The number of fused-ring (bicyclic) bond motifs is 2. The lowest BCUT2D eigenvalue weighted by molar-refractivity contribution is -0.142. The Labute approximate surface area is 301 Å². The molecule has 2 saturated heterocycles. The van der Waals surface area contributed by atoms with Gasteiger partial charge in [0.1, 0.15) is 23.9 Å². The molecule has 0 spiro atoms. The molecule has 5 amide bonds. The summed E-state index contributed by atoms with van der Waals surface area (Å²) in [6.07, 6.45) is 1.33. The van der Waals surface area contributed by atoms with Crippen LogP contribution in [0.2, 0.25) is 0 Å². The Hall–Kier alpha value is -5.69. The second kappa shape index (κ2) is 16.1. The van der Waals surface area contributed by atoms with Crippen LogP contribution in [0.3, 0.4) is 0 Å². The van der Waals surface area contributed by atoms with E-state index in [1.807, 2.05) is 78.9 Å². The first-order valence-corrected chi connectivity index (χ1v) is 17.5. The van der Waals surface area contributed by atoms with Crippen LogP contribution in [0, 0.1) is 0 Å². The Morgan fingerprint density at radius 1 is 0.885 bits per heavy atom. The number of methoxy groups -OCH3 is 1. The maximum atomic E-state index is 14.3. The number of carbonyl (C=O) groups is 5. The standard InChI is InChI=1S/C39H44N6O7/c1-24-37(49)43-33(26-8-4-3-5-9-26)22-44(36(48)17-14-25-12-15-29(52-2)16-13-25)23-35(47)42-32(18-27-20-40-31-11-7-6-10-30(27)31)39(51)45-21-28(46)19-34(45)38(50)41-24/h3-13,15-16,20,24,28,32-34,40,46H,14,17-19,21-23H2,1-2H3,(H,41,50)(H,42,47)(H,43,49)/t24-,28+,32+,33-,34-/m0/s1. The van der Waals surface area contributed by atoms with Crippen LogP contribution in [0.1, 0.15) is 42.5 Å². The summed E-state index contributed by atoms with van der Waals surface area (Å²) in [5, 5.41) is 20.1. The van der Waals surface area contributed by atoms with E-state index < -0.39 is 60.4 Å². The molecule has 5 atom stereocenters. The zero-order valence-electron chi connectivity index (χ0n) is 29.2. The molecule has 6 rings (SSSR count). The number of amides is 5. The Morgan fingerprint density at radius 2 is 1.62 bits per heavy atom. The van der Waals surface area contributed by atoms with Gasteiger partial charge >= 0.3 is 0 Å². The average molecular weight is 709 g/mol. The zero-order chi connectivity index (χ0) is 36.8. The second-order valence-corrected chi connectivity index (χ2v) is 13.4. The van der Waals surface area contributed by atoms with Crippen molar-refractivity contribution in [3.63, 3.8) is 0 Å². The summed E-state index contributed by atoms with van der Waals surface area (Å²) in [4.78, 5) is 75.4. The van der Waals surface area contributed by atoms with Crippen LogP contribution in [0.15, 0.2) is 85.1 Å². The minimum Gasteiger partial charge on any atom is -0.497 e. The number of aliphatic hydroxyl groups excluding tert-OH is 1. The van der Waals surface area contributed by atoms with Gasteiger partial charge in [0.25, 0.3) is 0 Å². The highest BCUT2D eigenvalue weighted by Crippen LogP contribution is 2.24. The van der Waals surface area contributed by atoms with Crippen molar-refractivity contribution in [3.8, 4) is 5.75 Å². The van der Waals surface area contributed by atoms with E-state index in [0.717, 1.165) is 22.0 Å². The predicted molar refractivity (Wildman–Crippen MR) is 193 cm³/mol. The number of rotatable bonds is 7. The normalized spacial score (nSPS) is 23.2. The molecule has 2 aliphatic heterocycles. The molecule has 3 heterocycles. The first-order chi connectivity index (χ1) is 25.1. The molecule has 13 heteroatoms. The minimum atomic E-state index is -1.13. The molecule has 4 aromatic rings. The minimum absolute atomic E-state index is 0.0250. The molecule has 3 aromatic carbocycles. The summed E-state index contributed by atoms with van der Waals surface area (Å²) in [6, 6.07) is 20.1. The number of aromatic amines is 1. The highest BCUT2D eigenvalue weighted by Gasteiger charge is 2.42. The van der Waals surface area contributed by atoms with Gasteiger partial charge in [-0.25, -0.2) is 0 Å². The maximum Gasteiger partial charge on any atom is 0.246 e. The van der Waals surface area contributed by atoms with E-state index in [1.54, 1.807) is 13.3 Å². The number of para-hydroxylation sites is 1. The van der Waals surface area contributed by atoms with Crippen molar-refractivity contribution in [2.45, 2.75) is 62.9 Å². The summed E-state index contributed by atoms with van der Waals surface area (Å²) in [6.45, 7) is 0.974. The van der Waals surface area contributed by atoms with E-state index in [2.05, 4.69) is 20.9 Å². The lowest BCUT2D eigenvalue weighted by atomic mass is 10.0. The number of aryl methyl sites for hydroxylation is 1. The second-order valence-electron chi connectivity index (χ2n) is 13.4. The zero-order valence-corrected chi connectivity index (χ0v) is 29.2. The summed E-state index contributed by atoms with van der Waals surface area (Å²) in [7, 11) is 1.58. The highest BCUT2D eigenvalue weighted by molar-refractivity contribution is 5.96. The lowest BCUT2D eigenvalue weighted by Crippen LogP contribution is -2.56. The van der Waals surface area contributed by atoms with Crippen molar-refractivity contribution in [3.05, 3.63) is 102 Å². The molecule has 272 valence electrons. The fourth-order valence-electron chi connectivity index (χ4n) is 6.91. The first kappa shape index (κ1) is 36.1. The van der Waals surface area contributed by atoms with Crippen LogP contribution in [-0.2, 0) is 36.8 Å².